The molecular weight excluding hydrogens is 180 g/mol. The van der Waals surface area contributed by atoms with Crippen LogP contribution in [-0.4, -0.2) is 24.4 Å². The Kier molecular flexibility index (Phi) is 5.25. The highest BCUT2D eigenvalue weighted by atomic mass is 35.5. The molecule has 0 heterocycles. The topological polar surface area (TPSA) is 49.7 Å². The standard InChI is InChI=1S/C6H5ClO2.C2H6O/c7-5-2-1-4(8)3-6(5)9;1-3-2/h1-3,8-9H;1-2H3. The van der Waals surface area contributed by atoms with E-state index in [4.69, 9.17) is 21.8 Å². The normalized spacial score (nSPS) is 8.58. The number of aromatic hydroxyl groups is 2. The third-order valence-electron chi connectivity index (χ3n) is 0.930. The summed E-state index contributed by atoms with van der Waals surface area (Å²) in [5, 5.41) is 17.8. The molecule has 1 aromatic carbocycles. The lowest BCUT2D eigenvalue weighted by Gasteiger charge is -1.94. The van der Waals surface area contributed by atoms with Crippen molar-refractivity contribution in [3.05, 3.63) is 23.2 Å². The van der Waals surface area contributed by atoms with Crippen LogP contribution in [0.4, 0.5) is 0 Å². The number of phenolic OH excluding ortho intramolecular Hbond substituents is 2. The Hall–Kier alpha value is -0.930. The van der Waals surface area contributed by atoms with E-state index in [-0.39, 0.29) is 16.5 Å². The van der Waals surface area contributed by atoms with Gasteiger partial charge in [0.2, 0.25) is 0 Å². The molecule has 0 aliphatic carbocycles. The molecule has 1 aromatic rings. The molecule has 68 valence electrons. The molecule has 0 fully saturated rings. The molecule has 0 aliphatic rings. The smallest absolute Gasteiger partial charge is 0.137 e. The molecule has 0 saturated carbocycles. The van der Waals surface area contributed by atoms with Crippen LogP contribution in [0.3, 0.4) is 0 Å². The van der Waals surface area contributed by atoms with E-state index < -0.39 is 0 Å². The molecule has 3 nitrogen and oxygen atoms in total. The van der Waals surface area contributed by atoms with Gasteiger partial charge in [0.25, 0.3) is 0 Å². The third kappa shape index (κ3) is 4.05. The van der Waals surface area contributed by atoms with E-state index >= 15 is 0 Å². The van der Waals surface area contributed by atoms with Gasteiger partial charge in [0.15, 0.2) is 0 Å². The van der Waals surface area contributed by atoms with Crippen molar-refractivity contribution in [2.24, 2.45) is 0 Å². The van der Waals surface area contributed by atoms with Crippen LogP contribution in [0.5, 0.6) is 11.5 Å². The molecule has 1 rings (SSSR count). The highest BCUT2D eigenvalue weighted by molar-refractivity contribution is 6.32. The van der Waals surface area contributed by atoms with Crippen LogP contribution in [0.15, 0.2) is 18.2 Å². The van der Waals surface area contributed by atoms with Gasteiger partial charge in [-0.1, -0.05) is 11.6 Å². The molecule has 0 saturated heterocycles. The molecule has 0 aromatic heterocycles. The Balaban J connectivity index is 0.000000354. The number of rotatable bonds is 0. The van der Waals surface area contributed by atoms with E-state index in [0.717, 1.165) is 0 Å². The number of hydrogen-bond donors (Lipinski definition) is 2. The number of benzene rings is 1. The third-order valence-corrected chi connectivity index (χ3v) is 1.25. The number of hydrogen-bond acceptors (Lipinski definition) is 3. The highest BCUT2D eigenvalue weighted by Crippen LogP contribution is 2.26. The van der Waals surface area contributed by atoms with Crippen molar-refractivity contribution in [1.29, 1.82) is 0 Å². The molecule has 0 aliphatic heterocycles. The van der Waals surface area contributed by atoms with E-state index in [9.17, 15) is 0 Å². The van der Waals surface area contributed by atoms with Crippen LogP contribution in [0.1, 0.15) is 0 Å². The second-order valence-corrected chi connectivity index (χ2v) is 2.45. The first kappa shape index (κ1) is 11.1. The molecule has 12 heavy (non-hydrogen) atoms. The van der Waals surface area contributed by atoms with E-state index in [1.807, 2.05) is 0 Å². The monoisotopic (exact) mass is 190 g/mol. The molecule has 4 heteroatoms. The summed E-state index contributed by atoms with van der Waals surface area (Å²) in [6, 6.07) is 4.01. The van der Waals surface area contributed by atoms with Crippen molar-refractivity contribution in [3.8, 4) is 11.5 Å². The zero-order valence-electron chi connectivity index (χ0n) is 6.91. The molecule has 0 spiro atoms. The lowest BCUT2D eigenvalue weighted by atomic mass is 10.3. The Labute approximate surface area is 76.2 Å². The van der Waals surface area contributed by atoms with Gasteiger partial charge in [0.1, 0.15) is 11.5 Å². The first-order chi connectivity index (χ1) is 5.61. The lowest BCUT2D eigenvalue weighted by Crippen LogP contribution is -1.66. The summed E-state index contributed by atoms with van der Waals surface area (Å²) < 4.78 is 4.25. The van der Waals surface area contributed by atoms with E-state index in [1.54, 1.807) is 14.2 Å². The van der Waals surface area contributed by atoms with Crippen LogP contribution in [-0.2, 0) is 4.74 Å². The van der Waals surface area contributed by atoms with Crippen molar-refractivity contribution >= 4 is 11.6 Å². The second kappa shape index (κ2) is 5.69. The largest absolute Gasteiger partial charge is 0.508 e. The Morgan fingerprint density at radius 2 is 1.75 bits per heavy atom. The van der Waals surface area contributed by atoms with Crippen LogP contribution in [0.2, 0.25) is 5.02 Å². The Morgan fingerprint density at radius 1 is 1.25 bits per heavy atom. The fourth-order valence-corrected chi connectivity index (χ4v) is 0.619. The van der Waals surface area contributed by atoms with Gasteiger partial charge in [-0.05, 0) is 12.1 Å². The van der Waals surface area contributed by atoms with Crippen LogP contribution in [0.25, 0.3) is 0 Å². The number of halogens is 1. The zero-order valence-corrected chi connectivity index (χ0v) is 7.67. The molecular formula is C8H11ClO3. The predicted octanol–water partition coefficient (Wildman–Crippen LogP) is 2.01. The van der Waals surface area contributed by atoms with Crippen LogP contribution in [0, 0.1) is 0 Å². The fourth-order valence-electron chi connectivity index (χ4n) is 0.501. The molecule has 0 radical (unpaired) electrons. The molecule has 0 bridgehead atoms. The van der Waals surface area contributed by atoms with E-state index in [2.05, 4.69) is 4.74 Å². The number of methoxy groups -OCH3 is 1. The van der Waals surface area contributed by atoms with Gasteiger partial charge >= 0.3 is 0 Å². The number of ether oxygens (including phenoxy) is 1. The highest BCUT2D eigenvalue weighted by Gasteiger charge is 1.95. The van der Waals surface area contributed by atoms with Gasteiger partial charge in [-0.3, -0.25) is 0 Å². The summed E-state index contributed by atoms with van der Waals surface area (Å²) in [5.41, 5.74) is 0. The molecule has 0 unspecified atom stereocenters. The van der Waals surface area contributed by atoms with Gasteiger partial charge in [0.05, 0.1) is 5.02 Å². The van der Waals surface area contributed by atoms with Gasteiger partial charge in [0, 0.05) is 20.3 Å². The van der Waals surface area contributed by atoms with Crippen molar-refractivity contribution in [2.45, 2.75) is 0 Å². The first-order valence-electron chi connectivity index (χ1n) is 3.19. The Morgan fingerprint density at radius 3 is 2.08 bits per heavy atom. The number of phenols is 2. The summed E-state index contributed by atoms with van der Waals surface area (Å²) >= 11 is 5.42. The van der Waals surface area contributed by atoms with Crippen LogP contribution < -0.4 is 0 Å². The summed E-state index contributed by atoms with van der Waals surface area (Å²) in [6.07, 6.45) is 0. The van der Waals surface area contributed by atoms with Gasteiger partial charge in [-0.2, -0.15) is 0 Å². The summed E-state index contributed by atoms with van der Waals surface area (Å²) in [6.45, 7) is 0. The van der Waals surface area contributed by atoms with E-state index in [0.29, 0.717) is 0 Å². The lowest BCUT2D eigenvalue weighted by molar-refractivity contribution is 0.277. The van der Waals surface area contributed by atoms with Crippen molar-refractivity contribution < 1.29 is 14.9 Å². The van der Waals surface area contributed by atoms with Crippen molar-refractivity contribution in [3.63, 3.8) is 0 Å². The molecule has 0 amide bonds. The van der Waals surface area contributed by atoms with Gasteiger partial charge in [-0.25, -0.2) is 0 Å². The first-order valence-corrected chi connectivity index (χ1v) is 3.57. The minimum atomic E-state index is -0.100. The average Bonchev–Trinajstić information content (AvgIpc) is 1.99. The summed E-state index contributed by atoms with van der Waals surface area (Å²) in [4.78, 5) is 0. The SMILES string of the molecule is COC.Oc1ccc(Cl)c(O)c1. The maximum Gasteiger partial charge on any atom is 0.137 e. The quantitative estimate of drug-likeness (QED) is 0.658. The van der Waals surface area contributed by atoms with E-state index in [1.165, 1.54) is 18.2 Å². The predicted molar refractivity (Wildman–Crippen MR) is 47.7 cm³/mol. The fraction of sp³-hybridized carbons (Fsp3) is 0.250. The maximum absolute atomic E-state index is 8.81. The van der Waals surface area contributed by atoms with Crippen LogP contribution >= 0.6 is 11.6 Å². The Bertz CT molecular complexity index is 238. The maximum atomic E-state index is 8.81. The molecule has 0 atom stereocenters. The second-order valence-electron chi connectivity index (χ2n) is 2.04. The van der Waals surface area contributed by atoms with Crippen molar-refractivity contribution in [2.75, 3.05) is 14.2 Å². The van der Waals surface area contributed by atoms with Crippen molar-refractivity contribution in [1.82, 2.24) is 0 Å². The average molecular weight is 191 g/mol. The minimum absolute atomic E-state index is 0.0110. The molecule has 2 N–H and O–H groups in total. The summed E-state index contributed by atoms with van der Waals surface area (Å²) in [5.74, 6) is -0.0893. The van der Waals surface area contributed by atoms with Gasteiger partial charge < -0.3 is 14.9 Å². The summed E-state index contributed by atoms with van der Waals surface area (Å²) in [7, 11) is 3.25. The zero-order chi connectivity index (χ0) is 9.56. The van der Waals surface area contributed by atoms with Gasteiger partial charge in [-0.15, -0.1) is 0 Å². The minimum Gasteiger partial charge on any atom is -0.508 e.